The highest BCUT2D eigenvalue weighted by Gasteiger charge is 2.53. The van der Waals surface area contributed by atoms with Crippen LogP contribution in [-0.4, -0.2) is 40.7 Å². The predicted molar refractivity (Wildman–Crippen MR) is 44.9 cm³/mol. The van der Waals surface area contributed by atoms with E-state index in [1.165, 1.54) is 11.0 Å². The van der Waals surface area contributed by atoms with Crippen LogP contribution < -0.4 is 5.73 Å². The largest absolute Gasteiger partial charge is 0.479 e. The summed E-state index contributed by atoms with van der Waals surface area (Å²) in [4.78, 5) is 23.2. The molecule has 0 aliphatic carbocycles. The van der Waals surface area contributed by atoms with Gasteiger partial charge in [-0.25, -0.2) is 4.79 Å². The van der Waals surface area contributed by atoms with Gasteiger partial charge in [0.2, 0.25) is 5.91 Å². The van der Waals surface area contributed by atoms with Gasteiger partial charge in [0.05, 0.1) is 6.42 Å². The summed E-state index contributed by atoms with van der Waals surface area (Å²) in [5.41, 5.74) is 5.26. The van der Waals surface area contributed by atoms with Gasteiger partial charge in [0, 0.05) is 6.54 Å². The fourth-order valence-electron chi connectivity index (χ4n) is 1.69. The van der Waals surface area contributed by atoms with Crippen LogP contribution in [-0.2, 0) is 14.3 Å². The Labute approximate surface area is 79.9 Å². The molecule has 6 nitrogen and oxygen atoms in total. The number of nitrogens with zero attached hydrogens (tertiary/aromatic N) is 1. The van der Waals surface area contributed by atoms with Crippen LogP contribution in [0.25, 0.3) is 0 Å². The number of rotatable bonds is 2. The molecule has 6 heteroatoms. The third-order valence-electron chi connectivity index (χ3n) is 2.32. The molecular weight excluding hydrogens is 188 g/mol. The molecular formula is C8H10N2O4. The second-order valence-electron chi connectivity index (χ2n) is 3.16. The van der Waals surface area contributed by atoms with E-state index in [9.17, 15) is 9.59 Å². The standard InChI is InChI=1S/C8H10N2O4/c9-2-1-4-7(8(12)13)10-5(11)3-6(10)14-4/h1,6-7H,2-3,9H2,(H,12,13). The molecule has 2 atom stereocenters. The second kappa shape index (κ2) is 2.98. The fraction of sp³-hybridized carbons (Fsp3) is 0.500. The Kier molecular flexibility index (Phi) is 1.92. The van der Waals surface area contributed by atoms with Crippen LogP contribution >= 0.6 is 0 Å². The molecule has 76 valence electrons. The van der Waals surface area contributed by atoms with Crippen LogP contribution in [0.15, 0.2) is 11.8 Å². The van der Waals surface area contributed by atoms with Crippen molar-refractivity contribution in [2.45, 2.75) is 18.7 Å². The van der Waals surface area contributed by atoms with Crippen LogP contribution in [0.2, 0.25) is 0 Å². The minimum absolute atomic E-state index is 0.192. The maximum atomic E-state index is 11.1. The van der Waals surface area contributed by atoms with E-state index < -0.39 is 18.2 Å². The number of hydrogen-bond acceptors (Lipinski definition) is 4. The van der Waals surface area contributed by atoms with E-state index in [1.54, 1.807) is 0 Å². The molecule has 2 unspecified atom stereocenters. The lowest BCUT2D eigenvalue weighted by Crippen LogP contribution is -2.54. The number of ether oxygens (including phenoxy) is 1. The van der Waals surface area contributed by atoms with E-state index >= 15 is 0 Å². The minimum atomic E-state index is -1.08. The molecule has 0 aromatic rings. The van der Waals surface area contributed by atoms with Gasteiger partial charge in [-0.05, 0) is 6.08 Å². The van der Waals surface area contributed by atoms with Crippen LogP contribution in [0.4, 0.5) is 0 Å². The lowest BCUT2D eigenvalue weighted by Gasteiger charge is -2.33. The molecule has 0 aromatic carbocycles. The molecule has 1 amide bonds. The average Bonchev–Trinajstić information content (AvgIpc) is 2.39. The quantitative estimate of drug-likeness (QED) is 0.548. The number of β-lactam (4-membered cyclic amide) rings is 1. The molecule has 0 radical (unpaired) electrons. The summed E-state index contributed by atoms with van der Waals surface area (Å²) in [7, 11) is 0. The van der Waals surface area contributed by atoms with Crippen molar-refractivity contribution >= 4 is 11.9 Å². The molecule has 2 heterocycles. The molecule has 2 fully saturated rings. The summed E-state index contributed by atoms with van der Waals surface area (Å²) in [6, 6.07) is -0.982. The topological polar surface area (TPSA) is 92.9 Å². The van der Waals surface area contributed by atoms with E-state index in [0.717, 1.165) is 0 Å². The molecule has 2 aliphatic heterocycles. The summed E-state index contributed by atoms with van der Waals surface area (Å²) in [5.74, 6) is -1.00. The van der Waals surface area contributed by atoms with Crippen molar-refractivity contribution in [1.82, 2.24) is 4.90 Å². The SMILES string of the molecule is NCC=C1OC2CC(=O)N2C1C(=O)O. The van der Waals surface area contributed by atoms with Gasteiger partial charge in [-0.1, -0.05) is 0 Å². The third-order valence-corrected chi connectivity index (χ3v) is 2.32. The molecule has 3 N–H and O–H groups in total. The number of carboxylic acids is 1. The second-order valence-corrected chi connectivity index (χ2v) is 3.16. The number of hydrogen-bond donors (Lipinski definition) is 2. The van der Waals surface area contributed by atoms with Crippen molar-refractivity contribution in [1.29, 1.82) is 0 Å². The highest BCUT2D eigenvalue weighted by molar-refractivity contribution is 5.91. The van der Waals surface area contributed by atoms with Gasteiger partial charge in [0.1, 0.15) is 5.76 Å². The van der Waals surface area contributed by atoms with Gasteiger partial charge < -0.3 is 15.6 Å². The van der Waals surface area contributed by atoms with Gasteiger partial charge in [-0.15, -0.1) is 0 Å². The number of carboxylic acid groups (broad SMARTS) is 1. The lowest BCUT2D eigenvalue weighted by molar-refractivity contribution is -0.163. The Bertz CT molecular complexity index is 325. The molecule has 2 rings (SSSR count). The number of nitrogens with two attached hydrogens (primary N) is 1. The number of amides is 1. The zero-order chi connectivity index (χ0) is 10.3. The Balaban J connectivity index is 2.26. The first kappa shape index (κ1) is 9.01. The normalized spacial score (nSPS) is 32.5. The number of fused-ring (bicyclic) bond motifs is 1. The van der Waals surface area contributed by atoms with Gasteiger partial charge in [-0.3, -0.25) is 9.69 Å². The first-order chi connectivity index (χ1) is 6.65. The Morgan fingerprint density at radius 1 is 1.79 bits per heavy atom. The molecule has 0 spiro atoms. The number of carbonyl (C=O) groups is 2. The Morgan fingerprint density at radius 3 is 3.00 bits per heavy atom. The Hall–Kier alpha value is -1.56. The highest BCUT2D eigenvalue weighted by Crippen LogP contribution is 2.36. The molecule has 0 saturated carbocycles. The number of aliphatic carboxylic acids is 1. The van der Waals surface area contributed by atoms with Crippen molar-refractivity contribution in [3.63, 3.8) is 0 Å². The van der Waals surface area contributed by atoms with Crippen molar-refractivity contribution in [2.24, 2.45) is 5.73 Å². The van der Waals surface area contributed by atoms with E-state index in [-0.39, 0.29) is 24.6 Å². The molecule has 14 heavy (non-hydrogen) atoms. The monoisotopic (exact) mass is 198 g/mol. The van der Waals surface area contributed by atoms with E-state index in [2.05, 4.69) is 0 Å². The van der Waals surface area contributed by atoms with E-state index in [1.807, 2.05) is 0 Å². The molecule has 0 aromatic heterocycles. The van der Waals surface area contributed by atoms with Crippen molar-refractivity contribution in [3.05, 3.63) is 11.8 Å². The van der Waals surface area contributed by atoms with Crippen LogP contribution in [0, 0.1) is 0 Å². The Morgan fingerprint density at radius 2 is 2.50 bits per heavy atom. The van der Waals surface area contributed by atoms with Crippen molar-refractivity contribution in [3.8, 4) is 0 Å². The summed E-state index contributed by atoms with van der Waals surface area (Å²) in [6.45, 7) is 0.202. The predicted octanol–water partition coefficient (Wildman–Crippen LogP) is -1.13. The van der Waals surface area contributed by atoms with Gasteiger partial charge in [0.15, 0.2) is 12.3 Å². The van der Waals surface area contributed by atoms with Crippen LogP contribution in [0.5, 0.6) is 0 Å². The third kappa shape index (κ3) is 1.07. The van der Waals surface area contributed by atoms with E-state index in [0.29, 0.717) is 0 Å². The summed E-state index contributed by atoms with van der Waals surface area (Å²) >= 11 is 0. The molecule has 2 aliphatic rings. The minimum Gasteiger partial charge on any atom is -0.479 e. The summed E-state index contributed by atoms with van der Waals surface area (Å²) in [5, 5.41) is 8.89. The zero-order valence-corrected chi connectivity index (χ0v) is 7.34. The van der Waals surface area contributed by atoms with Crippen molar-refractivity contribution in [2.75, 3.05) is 6.54 Å². The van der Waals surface area contributed by atoms with Gasteiger partial charge in [-0.2, -0.15) is 0 Å². The van der Waals surface area contributed by atoms with Gasteiger partial charge >= 0.3 is 5.97 Å². The van der Waals surface area contributed by atoms with E-state index in [4.69, 9.17) is 15.6 Å². The fourth-order valence-corrected chi connectivity index (χ4v) is 1.69. The maximum absolute atomic E-state index is 11.1. The molecule has 2 saturated heterocycles. The van der Waals surface area contributed by atoms with Crippen molar-refractivity contribution < 1.29 is 19.4 Å². The zero-order valence-electron chi connectivity index (χ0n) is 7.34. The highest BCUT2D eigenvalue weighted by atomic mass is 16.5. The maximum Gasteiger partial charge on any atom is 0.334 e. The first-order valence-corrected chi connectivity index (χ1v) is 4.26. The summed E-state index contributed by atoms with van der Waals surface area (Å²) < 4.78 is 5.25. The molecule has 0 bridgehead atoms. The summed E-state index contributed by atoms with van der Waals surface area (Å²) in [6.07, 6.45) is 1.34. The number of carbonyl (C=O) groups excluding carboxylic acids is 1. The first-order valence-electron chi connectivity index (χ1n) is 4.26. The van der Waals surface area contributed by atoms with Gasteiger partial charge in [0.25, 0.3) is 0 Å². The van der Waals surface area contributed by atoms with Crippen LogP contribution in [0.1, 0.15) is 6.42 Å². The smallest absolute Gasteiger partial charge is 0.334 e. The average molecular weight is 198 g/mol. The van der Waals surface area contributed by atoms with Crippen LogP contribution in [0.3, 0.4) is 0 Å². The lowest BCUT2D eigenvalue weighted by atomic mass is 10.1.